The van der Waals surface area contributed by atoms with Crippen LogP contribution >= 0.6 is 11.8 Å². The molecule has 0 amide bonds. The van der Waals surface area contributed by atoms with Gasteiger partial charge in [0.2, 0.25) is 0 Å². The van der Waals surface area contributed by atoms with Crippen LogP contribution in [-0.4, -0.2) is 22.5 Å². The minimum Gasteiger partial charge on any atom is -0.550 e. The van der Waals surface area contributed by atoms with Crippen molar-refractivity contribution in [1.82, 2.24) is 4.98 Å². The van der Waals surface area contributed by atoms with Crippen molar-refractivity contribution in [2.24, 2.45) is 0 Å². The van der Waals surface area contributed by atoms with E-state index in [1.54, 1.807) is 6.92 Å². The standard InChI is InChI=1S/C11H10F3NO3S/c1-2-19-8-3-6(11(12,13)14)5-15-10(8)7(16)4-9(17)18/h3,5H,2,4H2,1H3,(H,17,18)/p-1. The summed E-state index contributed by atoms with van der Waals surface area (Å²) in [6.07, 6.45) is -4.95. The molecule has 0 aromatic carbocycles. The summed E-state index contributed by atoms with van der Waals surface area (Å²) in [5.41, 5.74) is -1.25. The molecule has 0 aliphatic carbocycles. The van der Waals surface area contributed by atoms with Crippen LogP contribution in [0.3, 0.4) is 0 Å². The first kappa shape index (κ1) is 15.5. The number of carbonyl (C=O) groups is 2. The molecule has 0 saturated heterocycles. The van der Waals surface area contributed by atoms with Crippen LogP contribution in [0, 0.1) is 0 Å². The molecule has 8 heteroatoms. The number of thioether (sulfide) groups is 1. The maximum atomic E-state index is 12.5. The number of rotatable bonds is 5. The molecule has 0 aliphatic heterocycles. The van der Waals surface area contributed by atoms with Crippen LogP contribution in [-0.2, 0) is 11.0 Å². The number of hydrogen-bond donors (Lipinski definition) is 0. The maximum Gasteiger partial charge on any atom is 0.417 e. The average molecular weight is 292 g/mol. The summed E-state index contributed by atoms with van der Waals surface area (Å²) in [5, 5.41) is 10.3. The molecular formula is C11H9F3NO3S-. The second kappa shape index (κ2) is 6.05. The number of carbonyl (C=O) groups excluding carboxylic acids is 2. The Labute approximate surface area is 111 Å². The Hall–Kier alpha value is -1.57. The van der Waals surface area contributed by atoms with Crippen LogP contribution in [0.1, 0.15) is 29.4 Å². The fourth-order valence-corrected chi connectivity index (χ4v) is 2.11. The van der Waals surface area contributed by atoms with Crippen molar-refractivity contribution >= 4 is 23.5 Å². The van der Waals surface area contributed by atoms with E-state index in [0.29, 0.717) is 11.9 Å². The monoisotopic (exact) mass is 292 g/mol. The second-order valence-electron chi connectivity index (χ2n) is 3.47. The lowest BCUT2D eigenvalue weighted by Crippen LogP contribution is -2.26. The maximum absolute atomic E-state index is 12.5. The third-order valence-electron chi connectivity index (χ3n) is 2.05. The Morgan fingerprint density at radius 2 is 2.05 bits per heavy atom. The van der Waals surface area contributed by atoms with Crippen LogP contribution in [0.5, 0.6) is 0 Å². The van der Waals surface area contributed by atoms with E-state index < -0.39 is 29.9 Å². The highest BCUT2D eigenvalue weighted by Crippen LogP contribution is 2.32. The predicted molar refractivity (Wildman–Crippen MR) is 59.6 cm³/mol. The fraction of sp³-hybridized carbons (Fsp3) is 0.364. The first-order chi connectivity index (χ1) is 8.75. The summed E-state index contributed by atoms with van der Waals surface area (Å²) in [4.78, 5) is 25.3. The minimum atomic E-state index is -4.56. The van der Waals surface area contributed by atoms with Crippen LogP contribution in [0.25, 0.3) is 0 Å². The van der Waals surface area contributed by atoms with E-state index in [0.717, 1.165) is 17.8 Å². The molecule has 0 radical (unpaired) electrons. The normalized spacial score (nSPS) is 11.4. The van der Waals surface area contributed by atoms with Gasteiger partial charge in [-0.1, -0.05) is 6.92 Å². The Balaban J connectivity index is 3.18. The predicted octanol–water partition coefficient (Wildman–Crippen LogP) is 1.54. The van der Waals surface area contributed by atoms with Gasteiger partial charge in [0.1, 0.15) is 5.69 Å². The summed E-state index contributed by atoms with van der Waals surface area (Å²) < 4.78 is 37.5. The number of pyridine rings is 1. The number of aliphatic carboxylic acids is 1. The van der Waals surface area contributed by atoms with E-state index in [4.69, 9.17) is 0 Å². The molecule has 104 valence electrons. The van der Waals surface area contributed by atoms with Gasteiger partial charge >= 0.3 is 6.18 Å². The molecule has 19 heavy (non-hydrogen) atoms. The Morgan fingerprint density at radius 3 is 2.53 bits per heavy atom. The van der Waals surface area contributed by atoms with Crippen molar-refractivity contribution < 1.29 is 27.9 Å². The lowest BCUT2D eigenvalue weighted by molar-refractivity contribution is -0.304. The minimum absolute atomic E-state index is 0.0172. The van der Waals surface area contributed by atoms with Crippen LogP contribution in [0.4, 0.5) is 13.2 Å². The van der Waals surface area contributed by atoms with Gasteiger partial charge in [-0.3, -0.25) is 9.78 Å². The van der Waals surface area contributed by atoms with Gasteiger partial charge in [0.05, 0.1) is 12.0 Å². The highest BCUT2D eigenvalue weighted by atomic mass is 32.2. The van der Waals surface area contributed by atoms with E-state index >= 15 is 0 Å². The van der Waals surface area contributed by atoms with Gasteiger partial charge in [-0.05, 0) is 11.8 Å². The first-order valence-electron chi connectivity index (χ1n) is 5.18. The average Bonchev–Trinajstić information content (AvgIpc) is 2.27. The van der Waals surface area contributed by atoms with Crippen LogP contribution in [0.2, 0.25) is 0 Å². The van der Waals surface area contributed by atoms with Crippen molar-refractivity contribution in [3.8, 4) is 0 Å². The van der Waals surface area contributed by atoms with Gasteiger partial charge in [0, 0.05) is 17.1 Å². The highest BCUT2D eigenvalue weighted by molar-refractivity contribution is 7.99. The van der Waals surface area contributed by atoms with E-state index in [1.807, 2.05) is 0 Å². The third-order valence-corrected chi connectivity index (χ3v) is 2.96. The summed E-state index contributed by atoms with van der Waals surface area (Å²) in [6.45, 7) is 1.69. The number of halogens is 3. The SMILES string of the molecule is CCSc1cc(C(F)(F)F)cnc1C(=O)CC(=O)[O-]. The number of aromatic nitrogens is 1. The van der Waals surface area contributed by atoms with Gasteiger partial charge in [0.25, 0.3) is 0 Å². The summed E-state index contributed by atoms with van der Waals surface area (Å²) in [5.74, 6) is -2.04. The van der Waals surface area contributed by atoms with Gasteiger partial charge in [-0.15, -0.1) is 11.8 Å². The smallest absolute Gasteiger partial charge is 0.417 e. The molecule has 0 N–H and O–H groups in total. The van der Waals surface area contributed by atoms with Crippen molar-refractivity contribution in [3.05, 3.63) is 23.5 Å². The lowest BCUT2D eigenvalue weighted by Gasteiger charge is -2.11. The van der Waals surface area contributed by atoms with E-state index in [1.165, 1.54) is 0 Å². The summed E-state index contributed by atoms with van der Waals surface area (Å²) in [6, 6.07) is 0.795. The lowest BCUT2D eigenvalue weighted by atomic mass is 10.1. The number of hydrogen-bond acceptors (Lipinski definition) is 5. The van der Waals surface area contributed by atoms with Crippen molar-refractivity contribution in [3.63, 3.8) is 0 Å². The molecule has 4 nitrogen and oxygen atoms in total. The van der Waals surface area contributed by atoms with Gasteiger partial charge in [-0.25, -0.2) is 0 Å². The topological polar surface area (TPSA) is 70.1 Å². The number of nitrogens with zero attached hydrogens (tertiary/aromatic N) is 1. The number of ketones is 1. The Kier molecular flexibility index (Phi) is 4.93. The molecule has 0 spiro atoms. The van der Waals surface area contributed by atoms with E-state index in [9.17, 15) is 27.9 Å². The zero-order valence-corrected chi connectivity index (χ0v) is 10.6. The zero-order valence-electron chi connectivity index (χ0n) is 9.78. The van der Waals surface area contributed by atoms with E-state index in [-0.39, 0.29) is 10.6 Å². The molecular weight excluding hydrogens is 283 g/mol. The number of alkyl halides is 3. The molecule has 0 aliphatic rings. The Morgan fingerprint density at radius 1 is 1.42 bits per heavy atom. The molecule has 1 heterocycles. The summed E-state index contributed by atoms with van der Waals surface area (Å²) >= 11 is 0.991. The second-order valence-corrected chi connectivity index (χ2v) is 4.78. The number of carboxylic acid groups (broad SMARTS) is 1. The van der Waals surface area contributed by atoms with Gasteiger partial charge in [0.15, 0.2) is 5.78 Å². The number of carboxylic acids is 1. The van der Waals surface area contributed by atoms with Gasteiger partial charge in [-0.2, -0.15) is 13.2 Å². The Bertz CT molecular complexity index is 502. The molecule has 1 aromatic rings. The largest absolute Gasteiger partial charge is 0.550 e. The van der Waals surface area contributed by atoms with Crippen molar-refractivity contribution in [1.29, 1.82) is 0 Å². The quantitative estimate of drug-likeness (QED) is 0.467. The molecule has 0 bridgehead atoms. The first-order valence-corrected chi connectivity index (χ1v) is 6.17. The van der Waals surface area contributed by atoms with E-state index in [2.05, 4.69) is 4.98 Å². The molecule has 0 saturated carbocycles. The van der Waals surface area contributed by atoms with Crippen LogP contribution < -0.4 is 5.11 Å². The zero-order chi connectivity index (χ0) is 14.6. The highest BCUT2D eigenvalue weighted by Gasteiger charge is 2.32. The molecule has 1 rings (SSSR count). The van der Waals surface area contributed by atoms with Crippen molar-refractivity contribution in [2.45, 2.75) is 24.4 Å². The molecule has 0 fully saturated rings. The fourth-order valence-electron chi connectivity index (χ4n) is 1.29. The molecule has 0 atom stereocenters. The number of Topliss-reactive ketones (excluding diaryl/α,β-unsaturated/α-hetero) is 1. The van der Waals surface area contributed by atoms with Crippen LogP contribution in [0.15, 0.2) is 17.2 Å². The summed E-state index contributed by atoms with van der Waals surface area (Å²) in [7, 11) is 0. The third kappa shape index (κ3) is 4.23. The van der Waals surface area contributed by atoms with Crippen molar-refractivity contribution in [2.75, 3.05) is 5.75 Å². The molecule has 0 unspecified atom stereocenters. The van der Waals surface area contributed by atoms with Gasteiger partial charge < -0.3 is 9.90 Å². The molecule has 1 aromatic heterocycles.